The smallest absolute Gasteiger partial charge is 0.343 e. The summed E-state index contributed by atoms with van der Waals surface area (Å²) in [7, 11) is 1.33. The molecule has 30 heavy (non-hydrogen) atoms. The van der Waals surface area contributed by atoms with E-state index < -0.39 is 11.8 Å². The van der Waals surface area contributed by atoms with Gasteiger partial charge in [-0.15, -0.1) is 0 Å². The van der Waals surface area contributed by atoms with Crippen LogP contribution in [0.25, 0.3) is 11.3 Å². The molecule has 0 fully saturated rings. The zero-order valence-corrected chi connectivity index (χ0v) is 16.7. The van der Waals surface area contributed by atoms with Crippen LogP contribution in [0.1, 0.15) is 39.6 Å². The number of nitrogens with zero attached hydrogens (tertiary/aromatic N) is 3. The molecule has 0 amide bonds. The topological polar surface area (TPSA) is 110 Å². The quantitative estimate of drug-likeness (QED) is 0.607. The van der Waals surface area contributed by atoms with Crippen molar-refractivity contribution in [1.29, 1.82) is 0 Å². The average molecular weight is 412 g/mol. The summed E-state index contributed by atoms with van der Waals surface area (Å²) in [5.74, 6) is -0.947. The molecule has 8 nitrogen and oxygen atoms in total. The number of rotatable bonds is 7. The number of ether oxygens (including phenoxy) is 1. The molecular formula is C21H21FN4O4. The molecular weight excluding hydrogens is 391 g/mol. The number of nitrogens with one attached hydrogen (secondary N) is 1. The second kappa shape index (κ2) is 8.10. The molecule has 0 bridgehead atoms. The van der Waals surface area contributed by atoms with E-state index in [2.05, 4.69) is 20.4 Å². The Morgan fingerprint density at radius 1 is 1.33 bits per heavy atom. The van der Waals surface area contributed by atoms with Gasteiger partial charge in [-0.2, -0.15) is 0 Å². The molecule has 0 unspecified atom stereocenters. The summed E-state index contributed by atoms with van der Waals surface area (Å²) >= 11 is 0. The number of fused-ring (bicyclic) bond motifs is 1. The SMILES string of the molecule is COc1cc(-c2onc(NCCc3nc(C)c4c(n3)CCC4)c2C(=O)O)ccc1F. The van der Waals surface area contributed by atoms with E-state index in [0.29, 0.717) is 24.4 Å². The van der Waals surface area contributed by atoms with Crippen molar-refractivity contribution in [2.45, 2.75) is 32.6 Å². The summed E-state index contributed by atoms with van der Waals surface area (Å²) in [6, 6.07) is 3.96. The number of hydrogen-bond acceptors (Lipinski definition) is 7. The number of aromatic nitrogens is 3. The van der Waals surface area contributed by atoms with Crippen LogP contribution in [0.5, 0.6) is 5.75 Å². The number of carboxylic acid groups (broad SMARTS) is 1. The van der Waals surface area contributed by atoms with Gasteiger partial charge in [0.05, 0.1) is 7.11 Å². The molecule has 2 aromatic heterocycles. The van der Waals surface area contributed by atoms with Crippen LogP contribution in [0.2, 0.25) is 0 Å². The Labute approximate surface area is 172 Å². The van der Waals surface area contributed by atoms with Gasteiger partial charge < -0.3 is 19.7 Å². The Morgan fingerprint density at radius 3 is 2.93 bits per heavy atom. The lowest BCUT2D eigenvalue weighted by Crippen LogP contribution is -2.12. The van der Waals surface area contributed by atoms with Gasteiger partial charge in [-0.05, 0) is 49.9 Å². The van der Waals surface area contributed by atoms with Gasteiger partial charge in [0.2, 0.25) is 0 Å². The van der Waals surface area contributed by atoms with Gasteiger partial charge in [-0.3, -0.25) is 0 Å². The fourth-order valence-corrected chi connectivity index (χ4v) is 3.69. The Hall–Kier alpha value is -3.49. The van der Waals surface area contributed by atoms with Gasteiger partial charge in [0.15, 0.2) is 28.7 Å². The first kappa shape index (κ1) is 19.8. The molecule has 1 aliphatic rings. The first-order valence-electron chi connectivity index (χ1n) is 9.64. The van der Waals surface area contributed by atoms with Crippen LogP contribution >= 0.6 is 0 Å². The van der Waals surface area contributed by atoms with E-state index in [1.165, 1.54) is 30.9 Å². The van der Waals surface area contributed by atoms with E-state index in [4.69, 9.17) is 9.26 Å². The van der Waals surface area contributed by atoms with Crippen LogP contribution in [0.4, 0.5) is 10.2 Å². The number of carboxylic acids is 1. The minimum atomic E-state index is -1.21. The standard InChI is InChI=1S/C21H21FN4O4/c1-11-13-4-3-5-15(13)25-17(24-11)8-9-23-20-18(21(27)28)19(30-26-20)12-6-7-14(22)16(10-12)29-2/h6-7,10H,3-5,8-9H2,1-2H3,(H,23,26)(H,27,28). The molecule has 1 aromatic carbocycles. The molecule has 0 aliphatic heterocycles. The van der Waals surface area contributed by atoms with Gasteiger partial charge in [0.1, 0.15) is 5.82 Å². The fraction of sp³-hybridized carbons (Fsp3) is 0.333. The fourth-order valence-electron chi connectivity index (χ4n) is 3.69. The highest BCUT2D eigenvalue weighted by Crippen LogP contribution is 2.32. The lowest BCUT2D eigenvalue weighted by Gasteiger charge is -2.08. The van der Waals surface area contributed by atoms with E-state index in [9.17, 15) is 14.3 Å². The molecule has 9 heteroatoms. The Bertz CT molecular complexity index is 1110. The number of hydrogen-bond donors (Lipinski definition) is 2. The van der Waals surface area contributed by atoms with Crippen molar-refractivity contribution >= 4 is 11.8 Å². The molecule has 2 N–H and O–H groups in total. The highest BCUT2D eigenvalue weighted by Gasteiger charge is 2.25. The van der Waals surface area contributed by atoms with Gasteiger partial charge >= 0.3 is 5.97 Å². The van der Waals surface area contributed by atoms with Gasteiger partial charge in [-0.25, -0.2) is 19.2 Å². The Balaban J connectivity index is 1.53. The number of aryl methyl sites for hydroxylation is 2. The van der Waals surface area contributed by atoms with Crippen molar-refractivity contribution in [3.8, 4) is 17.1 Å². The van der Waals surface area contributed by atoms with Crippen LogP contribution in [0.3, 0.4) is 0 Å². The van der Waals surface area contributed by atoms with Crippen LogP contribution in [-0.4, -0.2) is 39.9 Å². The lowest BCUT2D eigenvalue weighted by molar-refractivity contribution is 0.0698. The molecule has 2 heterocycles. The van der Waals surface area contributed by atoms with E-state index in [0.717, 1.165) is 30.7 Å². The number of benzene rings is 1. The molecule has 156 valence electrons. The van der Waals surface area contributed by atoms with E-state index >= 15 is 0 Å². The van der Waals surface area contributed by atoms with Crippen molar-refractivity contribution in [3.05, 3.63) is 52.4 Å². The third-order valence-corrected chi connectivity index (χ3v) is 5.15. The van der Waals surface area contributed by atoms with Crippen LogP contribution in [-0.2, 0) is 19.3 Å². The zero-order chi connectivity index (χ0) is 21.3. The Kier molecular flexibility index (Phi) is 5.35. The molecule has 0 spiro atoms. The normalized spacial score (nSPS) is 12.6. The van der Waals surface area contributed by atoms with Gasteiger partial charge in [0, 0.05) is 29.9 Å². The summed E-state index contributed by atoms with van der Waals surface area (Å²) in [6.07, 6.45) is 3.61. The summed E-state index contributed by atoms with van der Waals surface area (Å²) in [4.78, 5) is 21.0. The zero-order valence-electron chi connectivity index (χ0n) is 16.7. The van der Waals surface area contributed by atoms with Crippen molar-refractivity contribution in [3.63, 3.8) is 0 Å². The van der Waals surface area contributed by atoms with E-state index in [1.54, 1.807) is 0 Å². The predicted molar refractivity (Wildman–Crippen MR) is 106 cm³/mol. The molecule has 1 aliphatic carbocycles. The molecule has 3 aromatic rings. The summed E-state index contributed by atoms with van der Waals surface area (Å²) in [5.41, 5.74) is 3.58. The number of methoxy groups -OCH3 is 1. The largest absolute Gasteiger partial charge is 0.494 e. The third kappa shape index (κ3) is 3.70. The predicted octanol–water partition coefficient (Wildman–Crippen LogP) is 3.43. The Morgan fingerprint density at radius 2 is 2.17 bits per heavy atom. The molecule has 0 saturated heterocycles. The van der Waals surface area contributed by atoms with E-state index in [1.807, 2.05) is 6.92 Å². The monoisotopic (exact) mass is 412 g/mol. The first-order valence-corrected chi connectivity index (χ1v) is 9.64. The van der Waals surface area contributed by atoms with Gasteiger partial charge in [0.25, 0.3) is 0 Å². The summed E-state index contributed by atoms with van der Waals surface area (Å²) in [6.45, 7) is 2.38. The number of anilines is 1. The highest BCUT2D eigenvalue weighted by atomic mass is 19.1. The molecule has 4 rings (SSSR count). The minimum absolute atomic E-state index is 0.0149. The summed E-state index contributed by atoms with van der Waals surface area (Å²) < 4.78 is 23.9. The second-order valence-corrected chi connectivity index (χ2v) is 7.07. The summed E-state index contributed by atoms with van der Waals surface area (Å²) in [5, 5.41) is 16.5. The molecule has 0 radical (unpaired) electrons. The van der Waals surface area contributed by atoms with Crippen LogP contribution in [0, 0.1) is 12.7 Å². The van der Waals surface area contributed by atoms with Crippen LogP contribution in [0.15, 0.2) is 22.7 Å². The van der Waals surface area contributed by atoms with Crippen molar-refractivity contribution in [2.75, 3.05) is 19.0 Å². The highest BCUT2D eigenvalue weighted by molar-refractivity contribution is 5.99. The number of aromatic carboxylic acids is 1. The maximum absolute atomic E-state index is 13.7. The first-order chi connectivity index (χ1) is 14.5. The van der Waals surface area contributed by atoms with Crippen LogP contribution < -0.4 is 10.1 Å². The number of halogens is 1. The van der Waals surface area contributed by atoms with Crippen molar-refractivity contribution in [1.82, 2.24) is 15.1 Å². The molecule has 0 atom stereocenters. The molecule has 0 saturated carbocycles. The average Bonchev–Trinajstić information content (AvgIpc) is 3.36. The number of carbonyl (C=O) groups is 1. The minimum Gasteiger partial charge on any atom is -0.494 e. The van der Waals surface area contributed by atoms with Crippen molar-refractivity contribution < 1.29 is 23.6 Å². The van der Waals surface area contributed by atoms with E-state index in [-0.39, 0.29) is 22.9 Å². The lowest BCUT2D eigenvalue weighted by atomic mass is 10.1. The van der Waals surface area contributed by atoms with Crippen molar-refractivity contribution in [2.24, 2.45) is 0 Å². The maximum atomic E-state index is 13.7. The van der Waals surface area contributed by atoms with Gasteiger partial charge in [-0.1, -0.05) is 5.16 Å². The second-order valence-electron chi connectivity index (χ2n) is 7.07. The maximum Gasteiger partial charge on any atom is 0.343 e. The third-order valence-electron chi connectivity index (χ3n) is 5.15.